The highest BCUT2D eigenvalue weighted by Crippen LogP contribution is 2.29. The van der Waals surface area contributed by atoms with Gasteiger partial charge in [0.25, 0.3) is 0 Å². The summed E-state index contributed by atoms with van der Waals surface area (Å²) >= 11 is 0. The molecule has 0 unspecified atom stereocenters. The van der Waals surface area contributed by atoms with Crippen molar-refractivity contribution in [3.05, 3.63) is 114 Å². The fraction of sp³-hybridized carbons (Fsp3) is 0.167. The van der Waals surface area contributed by atoms with Gasteiger partial charge in [-0.2, -0.15) is 0 Å². The van der Waals surface area contributed by atoms with E-state index in [2.05, 4.69) is 0 Å². The standard InChI is InChI=1S/C30H29NO4/c1-3-33-29-17-13-24(20-30(29)34-4-2)22-35-27-14-10-23(11-15-27)12-16-28(32)25-8-7-9-26(21-25)31-18-5-6-19-31/h5-21H,3-4,22H2,1-2H3/b16-12+. The van der Waals surface area contributed by atoms with Gasteiger partial charge in [-0.25, -0.2) is 0 Å². The fourth-order valence-electron chi connectivity index (χ4n) is 3.62. The van der Waals surface area contributed by atoms with Crippen molar-refractivity contribution in [3.8, 4) is 22.9 Å². The van der Waals surface area contributed by atoms with Gasteiger partial charge in [-0.3, -0.25) is 4.79 Å². The van der Waals surface area contributed by atoms with Gasteiger partial charge < -0.3 is 18.8 Å². The van der Waals surface area contributed by atoms with Gasteiger partial charge in [0.2, 0.25) is 0 Å². The molecule has 5 nitrogen and oxygen atoms in total. The Hall–Kier alpha value is -4.25. The van der Waals surface area contributed by atoms with Crippen molar-refractivity contribution < 1.29 is 19.0 Å². The van der Waals surface area contributed by atoms with Crippen LogP contribution in [0.2, 0.25) is 0 Å². The lowest BCUT2D eigenvalue weighted by atomic mass is 10.1. The van der Waals surface area contributed by atoms with Gasteiger partial charge in [0.1, 0.15) is 12.4 Å². The Kier molecular flexibility index (Phi) is 8.02. The Morgan fingerprint density at radius 1 is 0.800 bits per heavy atom. The number of aromatic nitrogens is 1. The van der Waals surface area contributed by atoms with Crippen molar-refractivity contribution in [2.24, 2.45) is 0 Å². The van der Waals surface area contributed by atoms with Crippen LogP contribution in [-0.4, -0.2) is 23.6 Å². The minimum absolute atomic E-state index is 0.0417. The number of ketones is 1. The zero-order valence-corrected chi connectivity index (χ0v) is 20.0. The van der Waals surface area contributed by atoms with Crippen LogP contribution in [0.4, 0.5) is 0 Å². The number of hydrogen-bond donors (Lipinski definition) is 0. The minimum Gasteiger partial charge on any atom is -0.490 e. The SMILES string of the molecule is CCOc1ccc(COc2ccc(/C=C/C(=O)c3cccc(-n4cccc4)c3)cc2)cc1OCC. The molecule has 0 aliphatic heterocycles. The zero-order valence-electron chi connectivity index (χ0n) is 20.0. The summed E-state index contributed by atoms with van der Waals surface area (Å²) in [5.74, 6) is 2.17. The van der Waals surface area contributed by atoms with Crippen LogP contribution in [-0.2, 0) is 6.61 Å². The van der Waals surface area contributed by atoms with Crippen LogP contribution in [0.3, 0.4) is 0 Å². The molecular formula is C30H29NO4. The fourth-order valence-corrected chi connectivity index (χ4v) is 3.62. The number of ether oxygens (including phenoxy) is 3. The van der Waals surface area contributed by atoms with Crippen molar-refractivity contribution in [3.63, 3.8) is 0 Å². The maximum Gasteiger partial charge on any atom is 0.185 e. The third-order valence-corrected chi connectivity index (χ3v) is 5.35. The Morgan fingerprint density at radius 2 is 1.54 bits per heavy atom. The Labute approximate surface area is 206 Å². The molecule has 0 spiro atoms. The highest BCUT2D eigenvalue weighted by Gasteiger charge is 2.07. The molecule has 0 radical (unpaired) electrons. The van der Waals surface area contributed by atoms with E-state index in [0.717, 1.165) is 34.1 Å². The normalized spacial score (nSPS) is 10.9. The van der Waals surface area contributed by atoms with Crippen LogP contribution >= 0.6 is 0 Å². The quantitative estimate of drug-likeness (QED) is 0.181. The summed E-state index contributed by atoms with van der Waals surface area (Å²) < 4.78 is 19.2. The van der Waals surface area contributed by atoms with Crippen LogP contribution in [0.1, 0.15) is 35.3 Å². The molecule has 0 saturated carbocycles. The van der Waals surface area contributed by atoms with Crippen molar-refractivity contribution in [2.45, 2.75) is 20.5 Å². The van der Waals surface area contributed by atoms with Crippen LogP contribution < -0.4 is 14.2 Å². The van der Waals surface area contributed by atoms with Crippen molar-refractivity contribution >= 4 is 11.9 Å². The Morgan fingerprint density at radius 3 is 2.29 bits per heavy atom. The van der Waals surface area contributed by atoms with Gasteiger partial charge in [-0.1, -0.05) is 36.4 Å². The second-order valence-corrected chi connectivity index (χ2v) is 7.84. The maximum absolute atomic E-state index is 12.7. The summed E-state index contributed by atoms with van der Waals surface area (Å²) in [6, 6.07) is 25.0. The molecule has 1 aromatic heterocycles. The summed E-state index contributed by atoms with van der Waals surface area (Å²) in [6.45, 7) is 5.47. The van der Waals surface area contributed by atoms with Gasteiger partial charge in [-0.05, 0) is 79.6 Å². The molecule has 35 heavy (non-hydrogen) atoms. The summed E-state index contributed by atoms with van der Waals surface area (Å²) in [6.07, 6.45) is 7.32. The summed E-state index contributed by atoms with van der Waals surface area (Å²) in [7, 11) is 0. The molecule has 0 N–H and O–H groups in total. The van der Waals surface area contributed by atoms with Crippen LogP contribution in [0.15, 0.2) is 97.3 Å². The molecule has 0 fully saturated rings. The van der Waals surface area contributed by atoms with Gasteiger partial charge in [0, 0.05) is 23.6 Å². The zero-order chi connectivity index (χ0) is 24.5. The lowest BCUT2D eigenvalue weighted by Crippen LogP contribution is -2.01. The van der Waals surface area contributed by atoms with Gasteiger partial charge >= 0.3 is 0 Å². The topological polar surface area (TPSA) is 49.7 Å². The average molecular weight is 468 g/mol. The third kappa shape index (κ3) is 6.42. The molecule has 0 amide bonds. The van der Waals surface area contributed by atoms with Crippen molar-refractivity contribution in [1.29, 1.82) is 0 Å². The number of benzene rings is 3. The third-order valence-electron chi connectivity index (χ3n) is 5.35. The van der Waals surface area contributed by atoms with Crippen LogP contribution in [0.25, 0.3) is 11.8 Å². The first kappa shape index (κ1) is 23.9. The molecule has 0 atom stereocenters. The smallest absolute Gasteiger partial charge is 0.185 e. The predicted octanol–water partition coefficient (Wildman–Crippen LogP) is 6.75. The largest absolute Gasteiger partial charge is 0.490 e. The number of carbonyl (C=O) groups is 1. The predicted molar refractivity (Wildman–Crippen MR) is 139 cm³/mol. The molecule has 0 aliphatic rings. The average Bonchev–Trinajstić information content (AvgIpc) is 3.44. The van der Waals surface area contributed by atoms with E-state index in [4.69, 9.17) is 14.2 Å². The van der Waals surface area contributed by atoms with E-state index in [9.17, 15) is 4.79 Å². The molecule has 5 heteroatoms. The van der Waals surface area contributed by atoms with Crippen LogP contribution in [0, 0.1) is 0 Å². The van der Waals surface area contributed by atoms with E-state index in [0.29, 0.717) is 25.4 Å². The highest BCUT2D eigenvalue weighted by molar-refractivity contribution is 6.07. The first-order valence-corrected chi connectivity index (χ1v) is 11.7. The molecule has 4 aromatic rings. The number of rotatable bonds is 11. The molecule has 0 bridgehead atoms. The molecule has 4 rings (SSSR count). The van der Waals surface area contributed by atoms with Crippen LogP contribution in [0.5, 0.6) is 17.2 Å². The van der Waals surface area contributed by atoms with E-state index in [1.54, 1.807) is 6.08 Å². The first-order chi connectivity index (χ1) is 17.2. The first-order valence-electron chi connectivity index (χ1n) is 11.7. The molecular weight excluding hydrogens is 438 g/mol. The molecule has 0 saturated heterocycles. The number of nitrogens with zero attached hydrogens (tertiary/aromatic N) is 1. The highest BCUT2D eigenvalue weighted by atomic mass is 16.5. The molecule has 1 heterocycles. The van der Waals surface area contributed by atoms with E-state index in [1.807, 2.05) is 116 Å². The maximum atomic E-state index is 12.7. The van der Waals surface area contributed by atoms with Gasteiger partial charge in [-0.15, -0.1) is 0 Å². The molecule has 3 aromatic carbocycles. The van der Waals surface area contributed by atoms with Crippen molar-refractivity contribution in [2.75, 3.05) is 13.2 Å². The monoisotopic (exact) mass is 467 g/mol. The minimum atomic E-state index is -0.0417. The molecule has 0 aliphatic carbocycles. The number of hydrogen-bond acceptors (Lipinski definition) is 4. The second kappa shape index (κ2) is 11.7. The molecule has 178 valence electrons. The Balaban J connectivity index is 1.36. The summed E-state index contributed by atoms with van der Waals surface area (Å²) in [5.41, 5.74) is 3.52. The van der Waals surface area contributed by atoms with Crippen molar-refractivity contribution in [1.82, 2.24) is 4.57 Å². The van der Waals surface area contributed by atoms with E-state index >= 15 is 0 Å². The van der Waals surface area contributed by atoms with E-state index in [-0.39, 0.29) is 5.78 Å². The van der Waals surface area contributed by atoms with E-state index in [1.165, 1.54) is 0 Å². The number of allylic oxidation sites excluding steroid dienone is 1. The summed E-state index contributed by atoms with van der Waals surface area (Å²) in [5, 5.41) is 0. The Bertz CT molecular complexity index is 1270. The van der Waals surface area contributed by atoms with Gasteiger partial charge in [0.15, 0.2) is 17.3 Å². The lowest BCUT2D eigenvalue weighted by molar-refractivity contribution is 0.104. The van der Waals surface area contributed by atoms with E-state index < -0.39 is 0 Å². The lowest BCUT2D eigenvalue weighted by Gasteiger charge is -2.13. The number of carbonyl (C=O) groups excluding carboxylic acids is 1. The second-order valence-electron chi connectivity index (χ2n) is 7.84. The summed E-state index contributed by atoms with van der Waals surface area (Å²) in [4.78, 5) is 12.7. The van der Waals surface area contributed by atoms with Gasteiger partial charge in [0.05, 0.1) is 13.2 Å².